The van der Waals surface area contributed by atoms with Crippen molar-refractivity contribution in [1.29, 1.82) is 0 Å². The molecule has 0 spiro atoms. The predicted molar refractivity (Wildman–Crippen MR) is 143 cm³/mol. The van der Waals surface area contributed by atoms with E-state index >= 15 is 0 Å². The first kappa shape index (κ1) is 28.2. The number of ether oxygens (including phenoxy) is 3. The smallest absolute Gasteiger partial charge is 0.408 e. The molecule has 2 atom stereocenters. The van der Waals surface area contributed by atoms with E-state index in [0.717, 1.165) is 16.7 Å². The van der Waals surface area contributed by atoms with E-state index in [2.05, 4.69) is 10.6 Å². The van der Waals surface area contributed by atoms with Crippen LogP contribution in [0.1, 0.15) is 30.5 Å². The average molecular weight is 519 g/mol. The van der Waals surface area contributed by atoms with Crippen LogP contribution >= 0.6 is 0 Å². The number of hydrogen-bond acceptors (Lipinski definition) is 6. The minimum absolute atomic E-state index is 0.0760. The SMILES string of the molecule is COC(=O)[C@@H](Cc1cccc(OCc2ccccc2)c1)NC(=O)[C@@H](NC(=O)OCc1ccccc1)C(C)C. The van der Waals surface area contributed by atoms with Crippen molar-refractivity contribution in [2.75, 3.05) is 7.11 Å². The van der Waals surface area contributed by atoms with Gasteiger partial charge in [0, 0.05) is 6.42 Å². The summed E-state index contributed by atoms with van der Waals surface area (Å²) in [6, 6.07) is 24.5. The fraction of sp³-hybridized carbons (Fsp3) is 0.300. The lowest BCUT2D eigenvalue weighted by Crippen LogP contribution is -2.54. The highest BCUT2D eigenvalue weighted by Gasteiger charge is 2.30. The van der Waals surface area contributed by atoms with E-state index in [9.17, 15) is 14.4 Å². The zero-order chi connectivity index (χ0) is 27.3. The molecule has 0 fully saturated rings. The Bertz CT molecular complexity index is 1180. The summed E-state index contributed by atoms with van der Waals surface area (Å²) in [6.07, 6.45) is -0.537. The molecule has 38 heavy (non-hydrogen) atoms. The topological polar surface area (TPSA) is 103 Å². The molecule has 0 saturated carbocycles. The van der Waals surface area contributed by atoms with Crippen LogP contribution < -0.4 is 15.4 Å². The van der Waals surface area contributed by atoms with Crippen LogP contribution in [0.25, 0.3) is 0 Å². The molecule has 200 valence electrons. The number of carbonyl (C=O) groups is 3. The van der Waals surface area contributed by atoms with Gasteiger partial charge in [-0.05, 0) is 34.7 Å². The first-order valence-corrected chi connectivity index (χ1v) is 12.5. The van der Waals surface area contributed by atoms with Gasteiger partial charge < -0.3 is 24.8 Å². The zero-order valence-corrected chi connectivity index (χ0v) is 21.9. The number of nitrogens with one attached hydrogen (secondary N) is 2. The lowest BCUT2D eigenvalue weighted by molar-refractivity contribution is -0.145. The van der Waals surface area contributed by atoms with Crippen LogP contribution in [-0.4, -0.2) is 37.2 Å². The van der Waals surface area contributed by atoms with Crippen LogP contribution in [0.3, 0.4) is 0 Å². The third-order valence-corrected chi connectivity index (χ3v) is 5.82. The van der Waals surface area contributed by atoms with Crippen molar-refractivity contribution in [3.63, 3.8) is 0 Å². The van der Waals surface area contributed by atoms with E-state index in [1.807, 2.05) is 84.9 Å². The van der Waals surface area contributed by atoms with Crippen molar-refractivity contribution >= 4 is 18.0 Å². The fourth-order valence-corrected chi connectivity index (χ4v) is 3.76. The molecule has 0 bridgehead atoms. The summed E-state index contributed by atoms with van der Waals surface area (Å²) in [5.41, 5.74) is 2.64. The minimum Gasteiger partial charge on any atom is -0.489 e. The van der Waals surface area contributed by atoms with Gasteiger partial charge in [-0.15, -0.1) is 0 Å². The summed E-state index contributed by atoms with van der Waals surface area (Å²) in [4.78, 5) is 38.1. The number of benzene rings is 3. The lowest BCUT2D eigenvalue weighted by Gasteiger charge is -2.24. The monoisotopic (exact) mass is 518 g/mol. The highest BCUT2D eigenvalue weighted by atomic mass is 16.5. The number of carbonyl (C=O) groups excluding carboxylic acids is 3. The summed E-state index contributed by atoms with van der Waals surface area (Å²) in [5, 5.41) is 5.34. The van der Waals surface area contributed by atoms with Crippen LogP contribution in [0, 0.1) is 5.92 Å². The highest BCUT2D eigenvalue weighted by molar-refractivity contribution is 5.90. The fourth-order valence-electron chi connectivity index (χ4n) is 3.76. The van der Waals surface area contributed by atoms with Gasteiger partial charge in [0.15, 0.2) is 0 Å². The molecule has 3 aromatic rings. The minimum atomic E-state index is -0.958. The number of hydrogen-bond donors (Lipinski definition) is 2. The number of methoxy groups -OCH3 is 1. The van der Waals surface area contributed by atoms with E-state index in [0.29, 0.717) is 12.4 Å². The van der Waals surface area contributed by atoms with Gasteiger partial charge in [-0.3, -0.25) is 4.79 Å². The Hall–Kier alpha value is -4.33. The third kappa shape index (κ3) is 8.96. The van der Waals surface area contributed by atoms with Crippen molar-refractivity contribution in [2.24, 2.45) is 5.92 Å². The van der Waals surface area contributed by atoms with Crippen LogP contribution in [0.4, 0.5) is 4.79 Å². The maximum atomic E-state index is 13.1. The second kappa shape index (κ2) is 14.4. The van der Waals surface area contributed by atoms with Crippen LogP contribution in [0.2, 0.25) is 0 Å². The average Bonchev–Trinajstić information content (AvgIpc) is 2.94. The molecule has 0 aliphatic heterocycles. The van der Waals surface area contributed by atoms with Crippen molar-refractivity contribution < 1.29 is 28.6 Å². The largest absolute Gasteiger partial charge is 0.489 e. The van der Waals surface area contributed by atoms with Crippen LogP contribution in [-0.2, 0) is 38.7 Å². The van der Waals surface area contributed by atoms with Gasteiger partial charge in [-0.25, -0.2) is 9.59 Å². The number of rotatable bonds is 12. The standard InChI is InChI=1S/C30H34N2O6/c1-21(2)27(32-30(35)38-20-23-13-8-5-9-14-23)28(33)31-26(29(34)36-3)18-24-15-10-16-25(17-24)37-19-22-11-6-4-7-12-22/h4-17,21,26-27H,18-20H2,1-3H3,(H,31,33)(H,32,35)/t26-,27+/m1/s1. The van der Waals surface area contributed by atoms with Gasteiger partial charge >= 0.3 is 12.1 Å². The molecule has 0 heterocycles. The Morgan fingerprint density at radius 2 is 1.37 bits per heavy atom. The summed E-state index contributed by atoms with van der Waals surface area (Å²) < 4.78 is 16.1. The molecule has 2 N–H and O–H groups in total. The van der Waals surface area contributed by atoms with E-state index < -0.39 is 30.1 Å². The molecular formula is C30H34N2O6. The molecule has 3 aromatic carbocycles. The Kier molecular flexibility index (Phi) is 10.7. The van der Waals surface area contributed by atoms with E-state index in [1.165, 1.54) is 7.11 Å². The molecule has 0 radical (unpaired) electrons. The summed E-state index contributed by atoms with van der Waals surface area (Å²) in [7, 11) is 1.26. The normalized spacial score (nSPS) is 12.2. The first-order chi connectivity index (χ1) is 18.4. The van der Waals surface area contributed by atoms with Gasteiger partial charge in [0.1, 0.15) is 31.0 Å². The first-order valence-electron chi connectivity index (χ1n) is 12.5. The second-order valence-electron chi connectivity index (χ2n) is 9.14. The van der Waals surface area contributed by atoms with E-state index in [4.69, 9.17) is 14.2 Å². The Morgan fingerprint density at radius 1 is 0.763 bits per heavy atom. The van der Waals surface area contributed by atoms with Gasteiger partial charge in [-0.2, -0.15) is 0 Å². The predicted octanol–water partition coefficient (Wildman–Crippen LogP) is 4.42. The molecule has 0 saturated heterocycles. The maximum Gasteiger partial charge on any atom is 0.408 e. The lowest BCUT2D eigenvalue weighted by atomic mass is 10.0. The van der Waals surface area contributed by atoms with E-state index in [1.54, 1.807) is 13.8 Å². The quantitative estimate of drug-likeness (QED) is 0.344. The second-order valence-corrected chi connectivity index (χ2v) is 9.14. The number of esters is 1. The van der Waals surface area contributed by atoms with Gasteiger partial charge in [0.05, 0.1) is 7.11 Å². The van der Waals surface area contributed by atoms with Gasteiger partial charge in [0.2, 0.25) is 5.91 Å². The molecular weight excluding hydrogens is 484 g/mol. The Labute approximate surface area is 223 Å². The number of amides is 2. The summed E-state index contributed by atoms with van der Waals surface area (Å²) >= 11 is 0. The molecule has 0 aliphatic carbocycles. The van der Waals surface area contributed by atoms with Crippen LogP contribution in [0.5, 0.6) is 5.75 Å². The number of alkyl carbamates (subject to hydrolysis) is 1. The van der Waals surface area contributed by atoms with Gasteiger partial charge in [-0.1, -0.05) is 86.6 Å². The van der Waals surface area contributed by atoms with E-state index in [-0.39, 0.29) is 18.9 Å². The molecule has 3 rings (SSSR count). The summed E-state index contributed by atoms with van der Waals surface area (Å²) in [6.45, 7) is 4.07. The zero-order valence-electron chi connectivity index (χ0n) is 21.9. The highest BCUT2D eigenvalue weighted by Crippen LogP contribution is 2.17. The van der Waals surface area contributed by atoms with Crippen molar-refractivity contribution in [3.8, 4) is 5.75 Å². The maximum absolute atomic E-state index is 13.1. The van der Waals surface area contributed by atoms with Gasteiger partial charge in [0.25, 0.3) is 0 Å². The Balaban J connectivity index is 1.61. The molecule has 8 heteroatoms. The van der Waals surface area contributed by atoms with Crippen LogP contribution in [0.15, 0.2) is 84.9 Å². The third-order valence-electron chi connectivity index (χ3n) is 5.82. The Morgan fingerprint density at radius 3 is 1.97 bits per heavy atom. The molecule has 8 nitrogen and oxygen atoms in total. The van der Waals surface area contributed by atoms with Crippen molar-refractivity contribution in [3.05, 3.63) is 102 Å². The molecule has 2 amide bonds. The van der Waals surface area contributed by atoms with Crippen molar-refractivity contribution in [2.45, 2.75) is 45.6 Å². The van der Waals surface area contributed by atoms with Crippen molar-refractivity contribution in [1.82, 2.24) is 10.6 Å². The summed E-state index contributed by atoms with van der Waals surface area (Å²) in [5.74, 6) is -0.719. The molecule has 0 aliphatic rings. The molecule has 0 unspecified atom stereocenters. The molecule has 0 aromatic heterocycles.